The molecule has 0 aromatic carbocycles. The summed E-state index contributed by atoms with van der Waals surface area (Å²) in [5.41, 5.74) is 0. The van der Waals surface area contributed by atoms with E-state index in [0.29, 0.717) is 0 Å². The lowest BCUT2D eigenvalue weighted by atomic mass is 10.4. The smallest absolute Gasteiger partial charge is 0.333 e. The highest BCUT2D eigenvalue weighted by Gasteiger charge is 2.18. The summed E-state index contributed by atoms with van der Waals surface area (Å²) in [6.07, 6.45) is -0.950. The minimum Gasteiger partial charge on any atom is -0.479 e. The molecule has 0 fully saturated rings. The Kier molecular flexibility index (Phi) is 2.79. The summed E-state index contributed by atoms with van der Waals surface area (Å²) in [6, 6.07) is 0. The Labute approximate surface area is 58.2 Å². The molecular weight excluding hydrogens is 160 g/mol. The van der Waals surface area contributed by atoms with Crippen molar-refractivity contribution in [2.24, 2.45) is 0 Å². The van der Waals surface area contributed by atoms with Crippen LogP contribution in [-0.4, -0.2) is 42.7 Å². The molecule has 1 unspecified atom stereocenters. The molecule has 1 atom stereocenters. The van der Waals surface area contributed by atoms with Crippen LogP contribution in [0.1, 0.15) is 0 Å². The minimum absolute atomic E-state index is 0.734. The summed E-state index contributed by atoms with van der Waals surface area (Å²) in [6.45, 7) is 0. The first-order valence-electron chi connectivity index (χ1n) is 2.41. The van der Waals surface area contributed by atoms with Gasteiger partial charge in [-0.15, -0.1) is 0 Å². The number of aliphatic hydroxyl groups excluding tert-OH is 1. The highest BCUT2D eigenvalue weighted by molar-refractivity contribution is 7.90. The van der Waals surface area contributed by atoms with Crippen LogP contribution in [0.3, 0.4) is 0 Å². The zero-order chi connectivity index (χ0) is 8.36. The van der Waals surface area contributed by atoms with Gasteiger partial charge in [-0.25, -0.2) is 13.2 Å². The molecule has 0 aliphatic heterocycles. The number of rotatable bonds is 3. The van der Waals surface area contributed by atoms with Gasteiger partial charge in [0.25, 0.3) is 0 Å². The van der Waals surface area contributed by atoms with Gasteiger partial charge in [0, 0.05) is 6.26 Å². The van der Waals surface area contributed by atoms with E-state index >= 15 is 0 Å². The van der Waals surface area contributed by atoms with Crippen molar-refractivity contribution < 1.29 is 23.4 Å². The molecule has 0 rings (SSSR count). The lowest BCUT2D eigenvalue weighted by Crippen LogP contribution is -2.28. The third-order valence-electron chi connectivity index (χ3n) is 0.746. The average Bonchev–Trinajstić information content (AvgIpc) is 1.60. The standard InChI is InChI=1S/C4H8O5S/c1-10(8,9)2-3(5)4(6)7/h3,5H,2H2,1H3,(H,6,7). The maximum atomic E-state index is 10.3. The van der Waals surface area contributed by atoms with Crippen LogP contribution >= 0.6 is 0 Å². The summed E-state index contributed by atoms with van der Waals surface area (Å²) >= 11 is 0. The number of sulfone groups is 1. The summed E-state index contributed by atoms with van der Waals surface area (Å²) in [7, 11) is -3.40. The Bertz CT molecular complexity index is 216. The van der Waals surface area contributed by atoms with E-state index in [2.05, 4.69) is 0 Å². The van der Waals surface area contributed by atoms with Crippen molar-refractivity contribution in [2.45, 2.75) is 6.10 Å². The van der Waals surface area contributed by atoms with Gasteiger partial charge in [-0.05, 0) is 0 Å². The van der Waals surface area contributed by atoms with Gasteiger partial charge < -0.3 is 10.2 Å². The number of carbonyl (C=O) groups is 1. The number of carboxylic acid groups (broad SMARTS) is 1. The van der Waals surface area contributed by atoms with Crippen molar-refractivity contribution in [3.05, 3.63) is 0 Å². The van der Waals surface area contributed by atoms with Crippen molar-refractivity contribution in [3.8, 4) is 0 Å². The van der Waals surface area contributed by atoms with E-state index in [9.17, 15) is 13.2 Å². The van der Waals surface area contributed by atoms with E-state index in [4.69, 9.17) is 10.2 Å². The van der Waals surface area contributed by atoms with Crippen LogP contribution in [-0.2, 0) is 14.6 Å². The number of hydrogen-bond donors (Lipinski definition) is 2. The molecule has 0 aromatic heterocycles. The highest BCUT2D eigenvalue weighted by atomic mass is 32.2. The molecule has 2 N–H and O–H groups in total. The molecule has 10 heavy (non-hydrogen) atoms. The number of carboxylic acids is 1. The normalized spacial score (nSPS) is 14.6. The van der Waals surface area contributed by atoms with Crippen molar-refractivity contribution in [3.63, 3.8) is 0 Å². The van der Waals surface area contributed by atoms with Gasteiger partial charge >= 0.3 is 5.97 Å². The van der Waals surface area contributed by atoms with E-state index in [1.54, 1.807) is 0 Å². The molecule has 0 aromatic rings. The van der Waals surface area contributed by atoms with Crippen LogP contribution in [0, 0.1) is 0 Å². The number of hydrogen-bond acceptors (Lipinski definition) is 4. The molecule has 0 saturated heterocycles. The summed E-state index contributed by atoms with van der Waals surface area (Å²) in [4.78, 5) is 9.86. The largest absolute Gasteiger partial charge is 0.479 e. The second-order valence-corrected chi connectivity index (χ2v) is 4.13. The minimum atomic E-state index is -3.40. The highest BCUT2D eigenvalue weighted by Crippen LogP contribution is 1.89. The van der Waals surface area contributed by atoms with Gasteiger partial charge in [-0.1, -0.05) is 0 Å². The second kappa shape index (κ2) is 2.98. The molecule has 0 aliphatic rings. The van der Waals surface area contributed by atoms with E-state index in [1.807, 2.05) is 0 Å². The van der Waals surface area contributed by atoms with Crippen molar-refractivity contribution in [1.82, 2.24) is 0 Å². The first kappa shape index (κ1) is 9.38. The Balaban J connectivity index is 4.06. The fourth-order valence-corrected chi connectivity index (χ4v) is 1.07. The molecule has 5 nitrogen and oxygen atoms in total. The molecule has 0 heterocycles. The van der Waals surface area contributed by atoms with Gasteiger partial charge in [0.05, 0.1) is 5.75 Å². The first-order valence-corrected chi connectivity index (χ1v) is 4.47. The lowest BCUT2D eigenvalue weighted by Gasteiger charge is -2.01. The Morgan fingerprint density at radius 2 is 2.00 bits per heavy atom. The van der Waals surface area contributed by atoms with Gasteiger partial charge in [-0.2, -0.15) is 0 Å². The van der Waals surface area contributed by atoms with Gasteiger partial charge in [0.2, 0.25) is 0 Å². The molecule has 6 heteroatoms. The van der Waals surface area contributed by atoms with Crippen LogP contribution in [0.15, 0.2) is 0 Å². The topological polar surface area (TPSA) is 91.7 Å². The molecule has 0 amide bonds. The summed E-state index contributed by atoms with van der Waals surface area (Å²) in [5, 5.41) is 16.5. The van der Waals surface area contributed by atoms with Crippen molar-refractivity contribution in [2.75, 3.05) is 12.0 Å². The number of aliphatic carboxylic acids is 1. The monoisotopic (exact) mass is 168 g/mol. The molecular formula is C4H8O5S. The molecule has 0 aliphatic carbocycles. The Hall–Kier alpha value is -0.620. The van der Waals surface area contributed by atoms with Crippen LogP contribution in [0.4, 0.5) is 0 Å². The van der Waals surface area contributed by atoms with Crippen molar-refractivity contribution in [1.29, 1.82) is 0 Å². The van der Waals surface area contributed by atoms with Gasteiger partial charge in [0.1, 0.15) is 0 Å². The summed E-state index contributed by atoms with van der Waals surface area (Å²) < 4.78 is 20.6. The zero-order valence-electron chi connectivity index (χ0n) is 5.31. The number of aliphatic hydroxyl groups is 1. The third-order valence-corrected chi connectivity index (χ3v) is 1.67. The fourth-order valence-electron chi connectivity index (χ4n) is 0.358. The molecule has 0 spiro atoms. The van der Waals surface area contributed by atoms with Crippen LogP contribution in [0.25, 0.3) is 0 Å². The van der Waals surface area contributed by atoms with Gasteiger partial charge in [0.15, 0.2) is 15.9 Å². The van der Waals surface area contributed by atoms with Crippen molar-refractivity contribution >= 4 is 15.8 Å². The lowest BCUT2D eigenvalue weighted by molar-refractivity contribution is -0.145. The third kappa shape index (κ3) is 4.28. The first-order chi connectivity index (χ1) is 4.33. The van der Waals surface area contributed by atoms with E-state index < -0.39 is 27.7 Å². The average molecular weight is 168 g/mol. The maximum Gasteiger partial charge on any atom is 0.333 e. The summed E-state index contributed by atoms with van der Waals surface area (Å²) in [5.74, 6) is -2.26. The fraction of sp³-hybridized carbons (Fsp3) is 0.750. The van der Waals surface area contributed by atoms with E-state index in [0.717, 1.165) is 6.26 Å². The predicted molar refractivity (Wildman–Crippen MR) is 33.4 cm³/mol. The molecule has 0 bridgehead atoms. The molecule has 60 valence electrons. The Morgan fingerprint density at radius 1 is 1.60 bits per heavy atom. The molecule has 0 saturated carbocycles. The van der Waals surface area contributed by atoms with Crippen LogP contribution in [0.2, 0.25) is 0 Å². The molecule has 0 radical (unpaired) electrons. The maximum absolute atomic E-state index is 10.3. The SMILES string of the molecule is CS(=O)(=O)CC(O)C(=O)O. The Morgan fingerprint density at radius 3 is 2.10 bits per heavy atom. The van der Waals surface area contributed by atoms with E-state index in [1.165, 1.54) is 0 Å². The second-order valence-electron chi connectivity index (χ2n) is 1.95. The zero-order valence-corrected chi connectivity index (χ0v) is 6.13. The van der Waals surface area contributed by atoms with Crippen LogP contribution < -0.4 is 0 Å². The van der Waals surface area contributed by atoms with Crippen LogP contribution in [0.5, 0.6) is 0 Å². The predicted octanol–water partition coefficient (Wildman–Crippen LogP) is -1.52. The van der Waals surface area contributed by atoms with Gasteiger partial charge in [-0.3, -0.25) is 0 Å². The van der Waals surface area contributed by atoms with E-state index in [-0.39, 0.29) is 0 Å². The quantitative estimate of drug-likeness (QED) is 0.533.